The Labute approximate surface area is 114 Å². The van der Waals surface area contributed by atoms with Gasteiger partial charge in [-0.1, -0.05) is 0 Å². The van der Waals surface area contributed by atoms with Crippen LogP contribution in [0.2, 0.25) is 0 Å². The SMILES string of the molecule is N#CCCC1CCC(O[C@@H]2CCC[C@@H](O)[C@H]2O)CO1. The number of nitrogens with zero attached hydrogens (tertiary/aromatic N) is 1. The van der Waals surface area contributed by atoms with Crippen molar-refractivity contribution < 1.29 is 19.7 Å². The molecule has 1 heterocycles. The lowest BCUT2D eigenvalue weighted by molar-refractivity contribution is -0.166. The first-order chi connectivity index (χ1) is 9.20. The van der Waals surface area contributed by atoms with Crippen LogP contribution in [0.25, 0.3) is 0 Å². The molecule has 0 aromatic heterocycles. The van der Waals surface area contributed by atoms with Crippen molar-refractivity contribution in [2.24, 2.45) is 0 Å². The Morgan fingerprint density at radius 1 is 1.21 bits per heavy atom. The van der Waals surface area contributed by atoms with Gasteiger partial charge in [0, 0.05) is 6.42 Å². The van der Waals surface area contributed by atoms with E-state index in [1.165, 1.54) is 0 Å². The van der Waals surface area contributed by atoms with Gasteiger partial charge in [-0.15, -0.1) is 0 Å². The smallest absolute Gasteiger partial charge is 0.106 e. The van der Waals surface area contributed by atoms with Crippen LogP contribution < -0.4 is 0 Å². The molecule has 1 saturated carbocycles. The van der Waals surface area contributed by atoms with Gasteiger partial charge in [-0.2, -0.15) is 5.26 Å². The lowest BCUT2D eigenvalue weighted by Crippen LogP contribution is -2.46. The molecule has 1 aliphatic carbocycles. The molecule has 1 aliphatic heterocycles. The van der Waals surface area contributed by atoms with E-state index in [1.54, 1.807) is 0 Å². The molecule has 1 saturated heterocycles. The Morgan fingerprint density at radius 3 is 2.74 bits per heavy atom. The van der Waals surface area contributed by atoms with Gasteiger partial charge in [-0.3, -0.25) is 0 Å². The standard InChI is InChI=1S/C14H23NO4/c15-8-2-3-10-6-7-11(9-18-10)19-13-5-1-4-12(16)14(13)17/h10-14,16-17H,1-7,9H2/t10?,11?,12-,13-,14-/m1/s1. The maximum Gasteiger partial charge on any atom is 0.106 e. The zero-order valence-electron chi connectivity index (χ0n) is 11.2. The van der Waals surface area contributed by atoms with Crippen molar-refractivity contribution in [2.75, 3.05) is 6.61 Å². The van der Waals surface area contributed by atoms with E-state index in [9.17, 15) is 10.2 Å². The molecule has 2 unspecified atom stereocenters. The van der Waals surface area contributed by atoms with Crippen molar-refractivity contribution in [3.8, 4) is 6.07 Å². The summed E-state index contributed by atoms with van der Waals surface area (Å²) in [6.07, 6.45) is 3.92. The zero-order valence-corrected chi connectivity index (χ0v) is 11.2. The molecule has 0 amide bonds. The van der Waals surface area contributed by atoms with Gasteiger partial charge in [0.2, 0.25) is 0 Å². The van der Waals surface area contributed by atoms with Crippen LogP contribution in [0.3, 0.4) is 0 Å². The predicted octanol–water partition coefficient (Wildman–Crippen LogP) is 1.13. The summed E-state index contributed by atoms with van der Waals surface area (Å²) in [5.74, 6) is 0. The maximum absolute atomic E-state index is 9.88. The summed E-state index contributed by atoms with van der Waals surface area (Å²) in [7, 11) is 0. The van der Waals surface area contributed by atoms with E-state index in [-0.39, 0.29) is 18.3 Å². The lowest BCUT2D eigenvalue weighted by atomic mass is 9.91. The molecule has 0 aromatic rings. The fourth-order valence-electron chi connectivity index (χ4n) is 2.86. The Kier molecular flexibility index (Phi) is 5.59. The average molecular weight is 269 g/mol. The molecular weight excluding hydrogens is 246 g/mol. The van der Waals surface area contributed by atoms with Gasteiger partial charge in [0.05, 0.1) is 37.1 Å². The first-order valence-electron chi connectivity index (χ1n) is 7.21. The summed E-state index contributed by atoms with van der Waals surface area (Å²) in [5, 5.41) is 28.0. The van der Waals surface area contributed by atoms with Gasteiger partial charge in [-0.25, -0.2) is 0 Å². The van der Waals surface area contributed by atoms with Gasteiger partial charge in [-0.05, 0) is 38.5 Å². The van der Waals surface area contributed by atoms with Gasteiger partial charge in [0.1, 0.15) is 6.10 Å². The van der Waals surface area contributed by atoms with Crippen molar-refractivity contribution in [3.05, 3.63) is 0 Å². The monoisotopic (exact) mass is 269 g/mol. The summed E-state index contributed by atoms with van der Waals surface area (Å²) in [6, 6.07) is 2.13. The molecule has 0 bridgehead atoms. The first kappa shape index (κ1) is 14.7. The van der Waals surface area contributed by atoms with Crippen LogP contribution in [0, 0.1) is 11.3 Å². The molecule has 2 rings (SSSR count). The Hall–Kier alpha value is -0.670. The third-order valence-corrected chi connectivity index (χ3v) is 4.04. The molecule has 19 heavy (non-hydrogen) atoms. The highest BCUT2D eigenvalue weighted by atomic mass is 16.6. The average Bonchev–Trinajstić information content (AvgIpc) is 2.43. The fourth-order valence-corrected chi connectivity index (χ4v) is 2.86. The highest BCUT2D eigenvalue weighted by Gasteiger charge is 2.34. The minimum Gasteiger partial charge on any atom is -0.390 e. The van der Waals surface area contributed by atoms with Gasteiger partial charge >= 0.3 is 0 Å². The number of ether oxygens (including phenoxy) is 2. The van der Waals surface area contributed by atoms with Crippen LogP contribution in [-0.4, -0.2) is 47.3 Å². The van der Waals surface area contributed by atoms with Crippen LogP contribution in [0.5, 0.6) is 0 Å². The second-order valence-corrected chi connectivity index (χ2v) is 5.51. The number of rotatable bonds is 4. The Morgan fingerprint density at radius 2 is 2.05 bits per heavy atom. The normalized spacial score (nSPS) is 39.7. The third-order valence-electron chi connectivity index (χ3n) is 4.04. The van der Waals surface area contributed by atoms with E-state index in [1.807, 2.05) is 0 Å². The molecule has 5 nitrogen and oxygen atoms in total. The van der Waals surface area contributed by atoms with Crippen molar-refractivity contribution in [3.63, 3.8) is 0 Å². The second-order valence-electron chi connectivity index (χ2n) is 5.51. The minimum atomic E-state index is -0.773. The molecule has 2 aliphatic rings. The van der Waals surface area contributed by atoms with Gasteiger partial charge < -0.3 is 19.7 Å². The molecule has 5 atom stereocenters. The number of nitriles is 1. The lowest BCUT2D eigenvalue weighted by Gasteiger charge is -2.36. The summed E-state index contributed by atoms with van der Waals surface area (Å²) in [5.41, 5.74) is 0. The first-order valence-corrected chi connectivity index (χ1v) is 7.21. The minimum absolute atomic E-state index is 0.00304. The van der Waals surface area contributed by atoms with Gasteiger partial charge in [0.25, 0.3) is 0 Å². The number of hydrogen-bond donors (Lipinski definition) is 2. The molecule has 5 heteroatoms. The maximum atomic E-state index is 9.88. The molecule has 108 valence electrons. The van der Waals surface area contributed by atoms with Crippen LogP contribution in [0.15, 0.2) is 0 Å². The van der Waals surface area contributed by atoms with E-state index < -0.39 is 12.2 Å². The molecular formula is C14H23NO4. The van der Waals surface area contributed by atoms with Crippen LogP contribution in [0.1, 0.15) is 44.9 Å². The highest BCUT2D eigenvalue weighted by Crippen LogP contribution is 2.26. The molecule has 2 N–H and O–H groups in total. The van der Waals surface area contributed by atoms with Crippen molar-refractivity contribution in [1.29, 1.82) is 5.26 Å². The summed E-state index contributed by atoms with van der Waals surface area (Å²) in [6.45, 7) is 0.523. The van der Waals surface area contributed by atoms with Crippen molar-refractivity contribution >= 4 is 0 Å². The van der Waals surface area contributed by atoms with Crippen molar-refractivity contribution in [1.82, 2.24) is 0 Å². The van der Waals surface area contributed by atoms with E-state index in [0.717, 1.165) is 32.1 Å². The van der Waals surface area contributed by atoms with E-state index in [4.69, 9.17) is 14.7 Å². The third kappa shape index (κ3) is 4.15. The van der Waals surface area contributed by atoms with E-state index in [0.29, 0.717) is 19.4 Å². The van der Waals surface area contributed by atoms with Crippen LogP contribution >= 0.6 is 0 Å². The highest BCUT2D eigenvalue weighted by molar-refractivity contribution is 4.84. The topological polar surface area (TPSA) is 82.7 Å². The largest absolute Gasteiger partial charge is 0.390 e. The molecule has 0 spiro atoms. The quantitative estimate of drug-likeness (QED) is 0.799. The number of hydrogen-bond acceptors (Lipinski definition) is 5. The Bertz CT molecular complexity index is 309. The summed E-state index contributed by atoms with van der Waals surface area (Å²) >= 11 is 0. The fraction of sp³-hybridized carbons (Fsp3) is 0.929. The summed E-state index contributed by atoms with van der Waals surface area (Å²) < 4.78 is 11.5. The molecule has 0 aromatic carbocycles. The van der Waals surface area contributed by atoms with Gasteiger partial charge in [0.15, 0.2) is 0 Å². The number of aliphatic hydroxyl groups is 2. The van der Waals surface area contributed by atoms with E-state index in [2.05, 4.69) is 6.07 Å². The van der Waals surface area contributed by atoms with E-state index >= 15 is 0 Å². The number of aliphatic hydroxyl groups excluding tert-OH is 2. The molecule has 2 fully saturated rings. The molecule has 0 radical (unpaired) electrons. The van der Waals surface area contributed by atoms with Crippen LogP contribution in [0.4, 0.5) is 0 Å². The second kappa shape index (κ2) is 7.20. The predicted molar refractivity (Wildman–Crippen MR) is 68.3 cm³/mol. The van der Waals surface area contributed by atoms with Crippen molar-refractivity contribution in [2.45, 2.75) is 75.5 Å². The zero-order chi connectivity index (χ0) is 13.7. The summed E-state index contributed by atoms with van der Waals surface area (Å²) in [4.78, 5) is 0. The Balaban J connectivity index is 1.72. The van der Waals surface area contributed by atoms with Crippen LogP contribution in [-0.2, 0) is 9.47 Å².